The van der Waals surface area contributed by atoms with Crippen molar-refractivity contribution < 1.29 is 22.8 Å². The van der Waals surface area contributed by atoms with Crippen molar-refractivity contribution in [2.24, 2.45) is 10.8 Å². The SMILES string of the molecule is CC(C)(C)NC(=O)CN1CCC2(CC1)C[C@H]2NC(=O)C12CC3(F)CC(F)(CC(F)(C3)C1)C2. The molecule has 180 valence electrons. The Balaban J connectivity index is 1.17. The van der Waals surface area contributed by atoms with Gasteiger partial charge < -0.3 is 10.6 Å². The summed E-state index contributed by atoms with van der Waals surface area (Å²) in [6, 6.07) is -0.0183. The molecule has 32 heavy (non-hydrogen) atoms. The second kappa shape index (κ2) is 6.63. The van der Waals surface area contributed by atoms with Crippen LogP contribution in [0.2, 0.25) is 0 Å². The minimum atomic E-state index is -1.91. The summed E-state index contributed by atoms with van der Waals surface area (Å²) in [5.41, 5.74) is -7.24. The number of alkyl halides is 3. The molecule has 1 heterocycles. The number of likely N-dealkylation sites (tertiary alicyclic amines) is 1. The predicted molar refractivity (Wildman–Crippen MR) is 114 cm³/mol. The van der Waals surface area contributed by atoms with Gasteiger partial charge in [0.05, 0.1) is 12.0 Å². The molecule has 1 saturated heterocycles. The summed E-state index contributed by atoms with van der Waals surface area (Å²) in [7, 11) is 0. The summed E-state index contributed by atoms with van der Waals surface area (Å²) in [6.45, 7) is 7.80. The monoisotopic (exact) mass is 455 g/mol. The van der Waals surface area contributed by atoms with Gasteiger partial charge in [0.1, 0.15) is 17.0 Å². The highest BCUT2D eigenvalue weighted by atomic mass is 19.2. The van der Waals surface area contributed by atoms with Crippen LogP contribution in [0.15, 0.2) is 0 Å². The van der Waals surface area contributed by atoms with E-state index in [9.17, 15) is 9.59 Å². The Hall–Kier alpha value is -1.31. The number of carbonyl (C=O) groups is 2. The molecule has 0 radical (unpaired) electrons. The first-order chi connectivity index (χ1) is 14.7. The highest BCUT2D eigenvalue weighted by molar-refractivity contribution is 5.84. The number of carbonyl (C=O) groups excluding carboxylic acids is 2. The number of hydrogen-bond acceptors (Lipinski definition) is 3. The van der Waals surface area contributed by atoms with Crippen molar-refractivity contribution in [1.82, 2.24) is 15.5 Å². The third kappa shape index (κ3) is 3.94. The summed E-state index contributed by atoms with van der Waals surface area (Å²) in [5, 5.41) is 6.05. The molecule has 0 aromatic heterocycles. The summed E-state index contributed by atoms with van der Waals surface area (Å²) >= 11 is 0. The lowest BCUT2D eigenvalue weighted by molar-refractivity contribution is -0.216. The topological polar surface area (TPSA) is 61.4 Å². The van der Waals surface area contributed by atoms with Crippen LogP contribution in [0.25, 0.3) is 0 Å². The highest BCUT2D eigenvalue weighted by Gasteiger charge is 2.73. The van der Waals surface area contributed by atoms with Gasteiger partial charge in [-0.05, 0) is 77.8 Å². The molecule has 6 fully saturated rings. The van der Waals surface area contributed by atoms with Gasteiger partial charge in [-0.2, -0.15) is 0 Å². The van der Waals surface area contributed by atoms with E-state index >= 15 is 13.2 Å². The maximum Gasteiger partial charge on any atom is 0.234 e. The van der Waals surface area contributed by atoms with Crippen LogP contribution in [-0.2, 0) is 9.59 Å². The van der Waals surface area contributed by atoms with E-state index in [0.29, 0.717) is 6.54 Å². The van der Waals surface area contributed by atoms with E-state index < -0.39 is 22.4 Å². The van der Waals surface area contributed by atoms with Gasteiger partial charge in [0.25, 0.3) is 0 Å². The van der Waals surface area contributed by atoms with E-state index in [4.69, 9.17) is 0 Å². The van der Waals surface area contributed by atoms with Crippen LogP contribution < -0.4 is 10.6 Å². The highest BCUT2D eigenvalue weighted by Crippen LogP contribution is 2.68. The molecule has 6 rings (SSSR count). The van der Waals surface area contributed by atoms with Crippen molar-refractivity contribution in [3.8, 4) is 0 Å². The zero-order valence-corrected chi connectivity index (χ0v) is 19.5. The third-order valence-corrected chi connectivity index (χ3v) is 8.58. The fourth-order valence-corrected chi connectivity index (χ4v) is 7.75. The van der Waals surface area contributed by atoms with Gasteiger partial charge in [-0.25, -0.2) is 13.2 Å². The molecular weight excluding hydrogens is 419 g/mol. The van der Waals surface area contributed by atoms with Crippen LogP contribution in [0.5, 0.6) is 0 Å². The van der Waals surface area contributed by atoms with Gasteiger partial charge in [-0.3, -0.25) is 14.5 Å². The third-order valence-electron chi connectivity index (χ3n) is 8.58. The molecule has 0 aromatic carbocycles. The van der Waals surface area contributed by atoms with Gasteiger partial charge in [0.2, 0.25) is 11.8 Å². The van der Waals surface area contributed by atoms with Crippen molar-refractivity contribution in [2.75, 3.05) is 19.6 Å². The first-order valence-electron chi connectivity index (χ1n) is 12.1. The molecule has 0 aromatic rings. The molecule has 1 atom stereocenters. The van der Waals surface area contributed by atoms with Crippen molar-refractivity contribution in [3.63, 3.8) is 0 Å². The largest absolute Gasteiger partial charge is 0.352 e. The normalized spacial score (nSPS) is 44.5. The number of amides is 2. The average Bonchev–Trinajstić information content (AvgIpc) is 3.22. The standard InChI is InChI=1S/C24H36F3N3O2/c1-19(2,3)29-17(31)9-30-6-4-20(5-7-30)8-16(20)28-18(32)21-10-22(25)13-23(26,11-21)15-24(27,12-21)14-22/h16H,4-15H2,1-3H3,(H,28,32)(H,29,31)/t16-,21?,22?,23?,24?/m1/s1. The Kier molecular flexibility index (Phi) is 4.66. The van der Waals surface area contributed by atoms with Crippen LogP contribution in [-0.4, -0.2) is 64.9 Å². The Morgan fingerprint density at radius 2 is 1.41 bits per heavy atom. The molecule has 5 aliphatic carbocycles. The van der Waals surface area contributed by atoms with Crippen molar-refractivity contribution in [1.29, 1.82) is 0 Å². The lowest BCUT2D eigenvalue weighted by Gasteiger charge is -2.62. The summed E-state index contributed by atoms with van der Waals surface area (Å²) < 4.78 is 45.7. The summed E-state index contributed by atoms with van der Waals surface area (Å²) in [6.07, 6.45) is 1.62. The van der Waals surface area contributed by atoms with Gasteiger partial charge in [-0.1, -0.05) is 0 Å². The number of nitrogens with zero attached hydrogens (tertiary/aromatic N) is 1. The van der Waals surface area contributed by atoms with Gasteiger partial charge >= 0.3 is 0 Å². The van der Waals surface area contributed by atoms with Crippen LogP contribution >= 0.6 is 0 Å². The molecule has 4 bridgehead atoms. The van der Waals surface area contributed by atoms with Crippen LogP contribution in [0.3, 0.4) is 0 Å². The van der Waals surface area contributed by atoms with Gasteiger partial charge in [-0.15, -0.1) is 0 Å². The first-order valence-corrected chi connectivity index (χ1v) is 12.1. The number of piperidine rings is 1. The van der Waals surface area contributed by atoms with E-state index in [1.165, 1.54) is 0 Å². The molecule has 1 aliphatic heterocycles. The smallest absolute Gasteiger partial charge is 0.234 e. The number of hydrogen-bond donors (Lipinski definition) is 2. The average molecular weight is 456 g/mol. The lowest BCUT2D eigenvalue weighted by Crippen LogP contribution is -2.68. The van der Waals surface area contributed by atoms with Crippen LogP contribution in [0.4, 0.5) is 13.2 Å². The van der Waals surface area contributed by atoms with Crippen LogP contribution in [0.1, 0.15) is 78.6 Å². The Morgan fingerprint density at radius 1 is 0.906 bits per heavy atom. The quantitative estimate of drug-likeness (QED) is 0.683. The number of rotatable bonds is 4. The van der Waals surface area contributed by atoms with E-state index in [2.05, 4.69) is 15.5 Å². The number of halogens is 3. The maximum atomic E-state index is 15.2. The van der Waals surface area contributed by atoms with Crippen molar-refractivity contribution >= 4 is 11.8 Å². The van der Waals surface area contributed by atoms with Gasteiger partial charge in [0, 0.05) is 30.8 Å². The number of nitrogens with one attached hydrogen (secondary N) is 2. The molecule has 5 nitrogen and oxygen atoms in total. The van der Waals surface area contributed by atoms with E-state index in [-0.39, 0.29) is 67.3 Å². The maximum absolute atomic E-state index is 15.2. The minimum absolute atomic E-state index is 0.00314. The fraction of sp³-hybridized carbons (Fsp3) is 0.917. The van der Waals surface area contributed by atoms with Crippen LogP contribution in [0, 0.1) is 10.8 Å². The fourth-order valence-electron chi connectivity index (χ4n) is 7.75. The first kappa shape index (κ1) is 22.5. The van der Waals surface area contributed by atoms with Crippen molar-refractivity contribution in [3.05, 3.63) is 0 Å². The molecular formula is C24H36F3N3O2. The second-order valence-electron chi connectivity index (χ2n) is 13.0. The molecule has 0 unspecified atom stereocenters. The Morgan fingerprint density at radius 3 is 1.88 bits per heavy atom. The molecule has 6 aliphatic rings. The minimum Gasteiger partial charge on any atom is -0.352 e. The lowest BCUT2D eigenvalue weighted by atomic mass is 9.46. The molecule has 8 heteroatoms. The zero-order valence-electron chi connectivity index (χ0n) is 19.5. The summed E-state index contributed by atoms with van der Waals surface area (Å²) in [4.78, 5) is 27.6. The van der Waals surface area contributed by atoms with E-state index in [1.807, 2.05) is 20.8 Å². The van der Waals surface area contributed by atoms with E-state index in [0.717, 1.165) is 32.4 Å². The van der Waals surface area contributed by atoms with E-state index in [1.54, 1.807) is 0 Å². The second-order valence-corrected chi connectivity index (χ2v) is 13.0. The Bertz CT molecular complexity index is 779. The molecule has 1 spiro atoms. The predicted octanol–water partition coefficient (Wildman–Crippen LogP) is 3.36. The molecule has 5 saturated carbocycles. The molecule has 2 amide bonds. The summed E-state index contributed by atoms with van der Waals surface area (Å²) in [5.74, 6) is -0.340. The van der Waals surface area contributed by atoms with Crippen molar-refractivity contribution in [2.45, 2.75) is 107 Å². The Labute approximate surface area is 188 Å². The molecule has 2 N–H and O–H groups in total. The van der Waals surface area contributed by atoms with Gasteiger partial charge in [0.15, 0.2) is 0 Å². The zero-order chi connectivity index (χ0) is 23.2.